The van der Waals surface area contributed by atoms with E-state index >= 15 is 0 Å². The second kappa shape index (κ2) is 5.87. The SMILES string of the molecule is CCCN1CCC(O)(c2ccccc2C2CCC2)CC1. The van der Waals surface area contributed by atoms with Crippen LogP contribution in [0.4, 0.5) is 0 Å². The van der Waals surface area contributed by atoms with Gasteiger partial charge in [0, 0.05) is 13.1 Å². The maximum atomic E-state index is 11.2. The minimum Gasteiger partial charge on any atom is -0.385 e. The van der Waals surface area contributed by atoms with Gasteiger partial charge in [-0.25, -0.2) is 0 Å². The summed E-state index contributed by atoms with van der Waals surface area (Å²) in [4.78, 5) is 2.49. The Bertz CT molecular complexity index is 444. The molecule has 110 valence electrons. The highest BCUT2D eigenvalue weighted by atomic mass is 16.3. The summed E-state index contributed by atoms with van der Waals surface area (Å²) in [7, 11) is 0. The summed E-state index contributed by atoms with van der Waals surface area (Å²) in [5.74, 6) is 0.698. The number of benzene rings is 1. The van der Waals surface area contributed by atoms with Crippen LogP contribution in [-0.4, -0.2) is 29.6 Å². The van der Waals surface area contributed by atoms with Crippen LogP contribution in [0.2, 0.25) is 0 Å². The maximum absolute atomic E-state index is 11.2. The maximum Gasteiger partial charge on any atom is 0.0923 e. The third kappa shape index (κ3) is 2.64. The summed E-state index contributed by atoms with van der Waals surface area (Å²) in [6, 6.07) is 8.64. The minimum atomic E-state index is -0.587. The van der Waals surface area contributed by atoms with Gasteiger partial charge in [-0.2, -0.15) is 0 Å². The number of hydrogen-bond donors (Lipinski definition) is 1. The van der Waals surface area contributed by atoms with Crippen LogP contribution in [0.3, 0.4) is 0 Å². The fourth-order valence-electron chi connectivity index (χ4n) is 3.73. The van der Waals surface area contributed by atoms with E-state index in [4.69, 9.17) is 0 Å². The van der Waals surface area contributed by atoms with Crippen molar-refractivity contribution < 1.29 is 5.11 Å². The average molecular weight is 273 g/mol. The number of piperidine rings is 1. The van der Waals surface area contributed by atoms with Crippen molar-refractivity contribution in [1.29, 1.82) is 0 Å². The lowest BCUT2D eigenvalue weighted by atomic mass is 9.73. The smallest absolute Gasteiger partial charge is 0.0923 e. The molecule has 20 heavy (non-hydrogen) atoms. The van der Waals surface area contributed by atoms with E-state index in [1.54, 1.807) is 0 Å². The van der Waals surface area contributed by atoms with Crippen molar-refractivity contribution in [3.63, 3.8) is 0 Å². The average Bonchev–Trinajstić information content (AvgIpc) is 2.41. The van der Waals surface area contributed by atoms with Gasteiger partial charge in [0.15, 0.2) is 0 Å². The quantitative estimate of drug-likeness (QED) is 0.905. The summed E-state index contributed by atoms with van der Waals surface area (Å²) in [5, 5.41) is 11.2. The first kappa shape index (κ1) is 14.1. The van der Waals surface area contributed by atoms with Crippen molar-refractivity contribution in [2.45, 2.75) is 57.0 Å². The molecule has 1 aliphatic carbocycles. The van der Waals surface area contributed by atoms with Crippen molar-refractivity contribution >= 4 is 0 Å². The molecule has 3 rings (SSSR count). The van der Waals surface area contributed by atoms with Crippen molar-refractivity contribution in [2.75, 3.05) is 19.6 Å². The van der Waals surface area contributed by atoms with E-state index in [0.29, 0.717) is 5.92 Å². The van der Waals surface area contributed by atoms with E-state index < -0.39 is 5.60 Å². The standard InChI is InChI=1S/C18H27NO/c1-2-12-19-13-10-18(20,11-14-19)17-9-4-3-8-16(17)15-6-5-7-15/h3-4,8-9,15,20H,2,5-7,10-14H2,1H3. The third-order valence-corrected chi connectivity index (χ3v) is 5.23. The fourth-order valence-corrected chi connectivity index (χ4v) is 3.73. The van der Waals surface area contributed by atoms with Crippen LogP contribution >= 0.6 is 0 Å². The lowest BCUT2D eigenvalue weighted by molar-refractivity contribution is -0.0269. The molecule has 1 heterocycles. The predicted octanol–water partition coefficient (Wildman–Crippen LogP) is 3.65. The van der Waals surface area contributed by atoms with Crippen LogP contribution in [0.5, 0.6) is 0 Å². The third-order valence-electron chi connectivity index (χ3n) is 5.23. The van der Waals surface area contributed by atoms with Crippen LogP contribution in [-0.2, 0) is 5.60 Å². The highest BCUT2D eigenvalue weighted by Crippen LogP contribution is 2.43. The monoisotopic (exact) mass is 273 g/mol. The Morgan fingerprint density at radius 3 is 2.50 bits per heavy atom. The molecule has 0 aromatic heterocycles. The number of aliphatic hydroxyl groups is 1. The molecule has 0 unspecified atom stereocenters. The molecule has 0 atom stereocenters. The molecule has 2 heteroatoms. The van der Waals surface area contributed by atoms with Crippen molar-refractivity contribution in [2.24, 2.45) is 0 Å². The van der Waals surface area contributed by atoms with E-state index in [9.17, 15) is 5.11 Å². The second-order valence-corrected chi connectivity index (χ2v) is 6.59. The summed E-state index contributed by atoms with van der Waals surface area (Å²) in [5.41, 5.74) is 2.06. The van der Waals surface area contributed by atoms with Crippen LogP contribution in [0.15, 0.2) is 24.3 Å². The molecule has 2 nitrogen and oxygen atoms in total. The summed E-state index contributed by atoms with van der Waals surface area (Å²) < 4.78 is 0. The molecule has 2 fully saturated rings. The zero-order valence-corrected chi connectivity index (χ0v) is 12.6. The van der Waals surface area contributed by atoms with Crippen molar-refractivity contribution in [3.8, 4) is 0 Å². The molecule has 0 radical (unpaired) electrons. The summed E-state index contributed by atoms with van der Waals surface area (Å²) in [6.45, 7) is 5.46. The zero-order chi connectivity index (χ0) is 14.0. The molecule has 1 saturated carbocycles. The molecule has 0 bridgehead atoms. The Kier molecular flexibility index (Phi) is 4.13. The van der Waals surface area contributed by atoms with Gasteiger partial charge in [-0.05, 0) is 55.7 Å². The Balaban J connectivity index is 1.78. The molecule has 1 N–H and O–H groups in total. The second-order valence-electron chi connectivity index (χ2n) is 6.59. The number of hydrogen-bond acceptors (Lipinski definition) is 2. The molecule has 0 amide bonds. The van der Waals surface area contributed by atoms with Crippen LogP contribution < -0.4 is 0 Å². The molecule has 1 saturated heterocycles. The van der Waals surface area contributed by atoms with Gasteiger partial charge >= 0.3 is 0 Å². The fraction of sp³-hybridized carbons (Fsp3) is 0.667. The first-order valence-corrected chi connectivity index (χ1v) is 8.27. The topological polar surface area (TPSA) is 23.5 Å². The molecular formula is C18H27NO. The van der Waals surface area contributed by atoms with Crippen LogP contribution in [0.1, 0.15) is 62.5 Å². The number of rotatable bonds is 4. The summed E-state index contributed by atoms with van der Waals surface area (Å²) in [6.07, 6.45) is 6.93. The van der Waals surface area contributed by atoms with Gasteiger partial charge in [-0.3, -0.25) is 0 Å². The highest BCUT2D eigenvalue weighted by Gasteiger charge is 2.37. The zero-order valence-electron chi connectivity index (χ0n) is 12.6. The molecule has 0 spiro atoms. The van der Waals surface area contributed by atoms with Gasteiger partial charge in [-0.1, -0.05) is 37.6 Å². The van der Waals surface area contributed by atoms with Crippen molar-refractivity contribution in [1.82, 2.24) is 4.90 Å². The van der Waals surface area contributed by atoms with Gasteiger partial charge in [0.05, 0.1) is 5.60 Å². The van der Waals surface area contributed by atoms with E-state index in [1.807, 2.05) is 0 Å². The summed E-state index contributed by atoms with van der Waals surface area (Å²) >= 11 is 0. The van der Waals surface area contributed by atoms with Gasteiger partial charge in [-0.15, -0.1) is 0 Å². The first-order valence-electron chi connectivity index (χ1n) is 8.27. The van der Waals surface area contributed by atoms with E-state index in [1.165, 1.54) is 43.4 Å². The van der Waals surface area contributed by atoms with Crippen molar-refractivity contribution in [3.05, 3.63) is 35.4 Å². The van der Waals surface area contributed by atoms with E-state index in [2.05, 4.69) is 36.1 Å². The van der Waals surface area contributed by atoms with Gasteiger partial charge in [0.25, 0.3) is 0 Å². The lowest BCUT2D eigenvalue weighted by Crippen LogP contribution is -2.43. The Hall–Kier alpha value is -0.860. The predicted molar refractivity (Wildman–Crippen MR) is 82.9 cm³/mol. The highest BCUT2D eigenvalue weighted by molar-refractivity contribution is 5.36. The molecule has 1 aromatic rings. The lowest BCUT2D eigenvalue weighted by Gasteiger charge is -2.41. The number of nitrogens with zero attached hydrogens (tertiary/aromatic N) is 1. The number of likely N-dealkylation sites (tertiary alicyclic amines) is 1. The largest absolute Gasteiger partial charge is 0.385 e. The molecular weight excluding hydrogens is 246 g/mol. The Morgan fingerprint density at radius 2 is 1.90 bits per heavy atom. The molecule has 2 aliphatic rings. The minimum absolute atomic E-state index is 0.587. The molecule has 1 aliphatic heterocycles. The molecule has 1 aromatic carbocycles. The van der Waals surface area contributed by atoms with E-state index in [0.717, 1.165) is 25.9 Å². The van der Waals surface area contributed by atoms with Gasteiger partial charge in [0.2, 0.25) is 0 Å². The Morgan fingerprint density at radius 1 is 1.20 bits per heavy atom. The van der Waals surface area contributed by atoms with Crippen LogP contribution in [0.25, 0.3) is 0 Å². The van der Waals surface area contributed by atoms with Gasteiger partial charge in [0.1, 0.15) is 0 Å². The normalized spacial score (nSPS) is 23.5. The Labute approximate surface area is 122 Å². The first-order chi connectivity index (χ1) is 9.73. The van der Waals surface area contributed by atoms with Gasteiger partial charge < -0.3 is 10.0 Å². The van der Waals surface area contributed by atoms with E-state index in [-0.39, 0.29) is 0 Å². The van der Waals surface area contributed by atoms with Crippen LogP contribution in [0, 0.1) is 0 Å².